The molecule has 2 aliphatic rings. The van der Waals surface area contributed by atoms with Crippen LogP contribution in [0.5, 0.6) is 0 Å². The molecule has 1 saturated heterocycles. The average molecular weight is 491 g/mol. The highest BCUT2D eigenvalue weighted by Crippen LogP contribution is 2.28. The van der Waals surface area contributed by atoms with Crippen LogP contribution in [0.25, 0.3) is 0 Å². The van der Waals surface area contributed by atoms with E-state index in [9.17, 15) is 19.2 Å². The maximum absolute atomic E-state index is 13.0. The molecule has 9 heteroatoms. The van der Waals surface area contributed by atoms with E-state index in [0.29, 0.717) is 18.7 Å². The highest BCUT2D eigenvalue weighted by atomic mass is 16.5. The number of hydrogen-bond acceptors (Lipinski definition) is 6. The van der Waals surface area contributed by atoms with Crippen molar-refractivity contribution in [1.29, 1.82) is 0 Å². The Labute approximate surface area is 210 Å². The first kappa shape index (κ1) is 25.1. The minimum Gasteiger partial charge on any atom is -0.463 e. The maximum Gasteiger partial charge on any atom is 0.338 e. The molecule has 188 valence electrons. The van der Waals surface area contributed by atoms with Crippen molar-refractivity contribution < 1.29 is 23.9 Å². The van der Waals surface area contributed by atoms with Gasteiger partial charge in [-0.1, -0.05) is 60.2 Å². The summed E-state index contributed by atoms with van der Waals surface area (Å²) < 4.78 is 5.30. The lowest BCUT2D eigenvalue weighted by Gasteiger charge is -2.35. The largest absolute Gasteiger partial charge is 0.463 e. The van der Waals surface area contributed by atoms with Crippen molar-refractivity contribution in [2.45, 2.75) is 26.3 Å². The Kier molecular flexibility index (Phi) is 7.80. The Morgan fingerprint density at radius 3 is 2.31 bits per heavy atom. The van der Waals surface area contributed by atoms with E-state index in [1.54, 1.807) is 11.8 Å². The summed E-state index contributed by atoms with van der Waals surface area (Å²) in [4.78, 5) is 54.1. The van der Waals surface area contributed by atoms with Gasteiger partial charge in [0.2, 0.25) is 11.8 Å². The molecule has 0 spiro atoms. The van der Waals surface area contributed by atoms with Crippen LogP contribution in [0.15, 0.2) is 65.9 Å². The first-order chi connectivity index (χ1) is 17.4. The molecule has 9 nitrogen and oxygen atoms in total. The second-order valence-electron chi connectivity index (χ2n) is 8.87. The van der Waals surface area contributed by atoms with Gasteiger partial charge in [0.25, 0.3) is 0 Å². The van der Waals surface area contributed by atoms with Crippen molar-refractivity contribution in [3.63, 3.8) is 0 Å². The predicted molar refractivity (Wildman–Crippen MR) is 133 cm³/mol. The predicted octanol–water partition coefficient (Wildman–Crippen LogP) is 2.08. The minimum absolute atomic E-state index is 0.00136. The number of urea groups is 1. The van der Waals surface area contributed by atoms with Crippen LogP contribution in [0.3, 0.4) is 0 Å². The molecule has 2 aromatic carbocycles. The molecule has 0 radical (unpaired) electrons. The Morgan fingerprint density at radius 1 is 1.00 bits per heavy atom. The van der Waals surface area contributed by atoms with Gasteiger partial charge in [0.15, 0.2) is 0 Å². The lowest BCUT2D eigenvalue weighted by atomic mass is 9.94. The van der Waals surface area contributed by atoms with Crippen molar-refractivity contribution in [2.24, 2.45) is 0 Å². The first-order valence-electron chi connectivity index (χ1n) is 12.0. The van der Waals surface area contributed by atoms with E-state index in [-0.39, 0.29) is 43.6 Å². The third-order valence-electron chi connectivity index (χ3n) is 6.23. The Hall–Kier alpha value is -3.98. The van der Waals surface area contributed by atoms with Crippen molar-refractivity contribution in [1.82, 2.24) is 20.4 Å². The fourth-order valence-corrected chi connectivity index (χ4v) is 4.42. The zero-order valence-electron chi connectivity index (χ0n) is 20.5. The van der Waals surface area contributed by atoms with Crippen LogP contribution in [0.2, 0.25) is 0 Å². The second-order valence-corrected chi connectivity index (χ2v) is 8.87. The quantitative estimate of drug-likeness (QED) is 0.433. The van der Waals surface area contributed by atoms with Crippen molar-refractivity contribution >= 4 is 23.8 Å². The highest BCUT2D eigenvalue weighted by molar-refractivity contribution is 5.99. The van der Waals surface area contributed by atoms with E-state index in [1.807, 2.05) is 61.5 Å². The number of imide groups is 1. The molecule has 1 atom stereocenters. The lowest BCUT2D eigenvalue weighted by Crippen LogP contribution is -2.56. The summed E-state index contributed by atoms with van der Waals surface area (Å²) in [5.74, 6) is -1.18. The summed E-state index contributed by atoms with van der Waals surface area (Å²) in [7, 11) is 0. The van der Waals surface area contributed by atoms with Crippen LogP contribution < -0.4 is 10.6 Å². The number of piperazine rings is 1. The Balaban J connectivity index is 1.53. The van der Waals surface area contributed by atoms with Gasteiger partial charge in [-0.3, -0.25) is 19.4 Å². The molecule has 2 aromatic rings. The van der Waals surface area contributed by atoms with Gasteiger partial charge in [-0.2, -0.15) is 0 Å². The highest BCUT2D eigenvalue weighted by Gasteiger charge is 2.37. The van der Waals surface area contributed by atoms with Crippen LogP contribution in [0.1, 0.15) is 29.7 Å². The van der Waals surface area contributed by atoms with E-state index >= 15 is 0 Å². The summed E-state index contributed by atoms with van der Waals surface area (Å²) >= 11 is 0. The summed E-state index contributed by atoms with van der Waals surface area (Å²) in [6.45, 7) is 4.18. The zero-order valence-corrected chi connectivity index (χ0v) is 20.5. The number of nitrogens with zero attached hydrogens (tertiary/aromatic N) is 2. The molecule has 0 saturated carbocycles. The first-order valence-corrected chi connectivity index (χ1v) is 12.0. The molecule has 0 unspecified atom stereocenters. The summed E-state index contributed by atoms with van der Waals surface area (Å²) in [5, 5.41) is 5.50. The van der Waals surface area contributed by atoms with Crippen LogP contribution in [0.4, 0.5) is 4.79 Å². The number of rotatable bonds is 8. The van der Waals surface area contributed by atoms with E-state index in [1.165, 1.54) is 4.90 Å². The van der Waals surface area contributed by atoms with Gasteiger partial charge in [-0.15, -0.1) is 0 Å². The molecular formula is C27H30N4O5. The Bertz CT molecular complexity index is 1160. The fourth-order valence-electron chi connectivity index (χ4n) is 4.42. The zero-order chi connectivity index (χ0) is 25.7. The minimum atomic E-state index is -0.716. The lowest BCUT2D eigenvalue weighted by molar-refractivity contribution is -0.151. The summed E-state index contributed by atoms with van der Waals surface area (Å²) in [5.41, 5.74) is 3.40. The molecule has 2 heterocycles. The number of carbonyl (C=O) groups excluding carboxylic acids is 4. The molecule has 0 bridgehead atoms. The smallest absolute Gasteiger partial charge is 0.338 e. The molecule has 4 amide bonds. The van der Waals surface area contributed by atoms with Crippen LogP contribution >= 0.6 is 0 Å². The van der Waals surface area contributed by atoms with Crippen LogP contribution in [-0.4, -0.2) is 66.4 Å². The molecule has 2 N–H and O–H groups in total. The SMILES string of the molecule is CCOC(=O)C1=C(CN2CC(=O)N(CCc3ccccc3)C(=O)C2)NC(=O)N[C@@H]1c1ccc(C)cc1. The number of aryl methyl sites for hydroxylation is 1. The molecule has 1 fully saturated rings. The van der Waals surface area contributed by atoms with Gasteiger partial charge < -0.3 is 15.4 Å². The van der Waals surface area contributed by atoms with Crippen LogP contribution in [0, 0.1) is 6.92 Å². The van der Waals surface area contributed by atoms with Crippen molar-refractivity contribution in [2.75, 3.05) is 32.8 Å². The van der Waals surface area contributed by atoms with Crippen LogP contribution in [-0.2, 0) is 25.5 Å². The normalized spacial score (nSPS) is 18.7. The molecule has 0 aliphatic carbocycles. The van der Waals surface area contributed by atoms with Gasteiger partial charge in [-0.05, 0) is 31.4 Å². The molecule has 36 heavy (non-hydrogen) atoms. The van der Waals surface area contributed by atoms with Crippen molar-refractivity contribution in [3.8, 4) is 0 Å². The van der Waals surface area contributed by atoms with Gasteiger partial charge >= 0.3 is 12.0 Å². The molecule has 4 rings (SSSR count). The van der Waals surface area contributed by atoms with Gasteiger partial charge in [0.05, 0.1) is 31.3 Å². The average Bonchev–Trinajstić information content (AvgIpc) is 2.84. The van der Waals surface area contributed by atoms with Gasteiger partial charge in [0.1, 0.15) is 0 Å². The standard InChI is InChI=1S/C27H30N4O5/c1-3-36-26(34)24-21(28-27(35)29-25(24)20-11-9-18(2)10-12-20)15-30-16-22(32)31(23(33)17-30)14-13-19-7-5-4-6-8-19/h4-12,25H,3,13-17H2,1-2H3,(H2,28,29,35)/t25-/m1/s1. The number of nitrogens with one attached hydrogen (secondary N) is 2. The number of amides is 4. The van der Waals surface area contributed by atoms with E-state index in [4.69, 9.17) is 4.74 Å². The monoisotopic (exact) mass is 490 g/mol. The summed E-state index contributed by atoms with van der Waals surface area (Å²) in [6.07, 6.45) is 0.580. The van der Waals surface area contributed by atoms with Gasteiger partial charge in [0, 0.05) is 18.8 Å². The Morgan fingerprint density at radius 2 is 1.67 bits per heavy atom. The number of esters is 1. The van der Waals surface area contributed by atoms with E-state index in [0.717, 1.165) is 16.7 Å². The fraction of sp³-hybridized carbons (Fsp3) is 0.333. The number of ether oxygens (including phenoxy) is 1. The second kappa shape index (κ2) is 11.2. The number of carbonyl (C=O) groups is 4. The third kappa shape index (κ3) is 5.80. The van der Waals surface area contributed by atoms with Gasteiger partial charge in [-0.25, -0.2) is 9.59 Å². The maximum atomic E-state index is 13.0. The number of hydrogen-bond donors (Lipinski definition) is 2. The van der Waals surface area contributed by atoms with Crippen molar-refractivity contribution in [3.05, 3.63) is 82.6 Å². The van der Waals surface area contributed by atoms with E-state index in [2.05, 4.69) is 10.6 Å². The summed E-state index contributed by atoms with van der Waals surface area (Å²) in [6, 6.07) is 16.0. The third-order valence-corrected chi connectivity index (χ3v) is 6.23. The topological polar surface area (TPSA) is 108 Å². The molecule has 0 aromatic heterocycles. The number of benzene rings is 2. The van der Waals surface area contributed by atoms with E-state index < -0.39 is 18.0 Å². The molecule has 2 aliphatic heterocycles. The molecular weight excluding hydrogens is 460 g/mol.